The normalized spacial score (nSPS) is 10.9. The maximum atomic E-state index is 8.82. The van der Waals surface area contributed by atoms with Gasteiger partial charge in [0.25, 0.3) is 0 Å². The highest BCUT2D eigenvalue weighted by Gasteiger charge is 2.02. The van der Waals surface area contributed by atoms with Gasteiger partial charge in [-0.1, -0.05) is 12.1 Å². The van der Waals surface area contributed by atoms with Crippen molar-refractivity contribution in [3.63, 3.8) is 0 Å². The Labute approximate surface area is 76.6 Å². The average molecular weight is 176 g/mol. The summed E-state index contributed by atoms with van der Waals surface area (Å²) in [5.74, 6) is 0. The zero-order valence-corrected chi connectivity index (χ0v) is 7.57. The van der Waals surface area contributed by atoms with Crippen LogP contribution < -0.4 is 0 Å². The van der Waals surface area contributed by atoms with E-state index in [4.69, 9.17) is 5.11 Å². The zero-order chi connectivity index (χ0) is 9.26. The first kappa shape index (κ1) is 8.26. The molecule has 1 heterocycles. The van der Waals surface area contributed by atoms with Gasteiger partial charge in [-0.15, -0.1) is 0 Å². The lowest BCUT2D eigenvalue weighted by molar-refractivity contribution is 0.278. The van der Waals surface area contributed by atoms with Gasteiger partial charge in [0.05, 0.1) is 24.0 Å². The number of fused-ring (bicyclic) bond motifs is 1. The molecule has 0 saturated carbocycles. The first-order chi connectivity index (χ1) is 6.33. The van der Waals surface area contributed by atoms with Crippen molar-refractivity contribution in [2.45, 2.75) is 13.5 Å². The predicted molar refractivity (Wildman–Crippen MR) is 51.6 cm³/mol. The van der Waals surface area contributed by atoms with Crippen LogP contribution in [0, 0.1) is 6.92 Å². The van der Waals surface area contributed by atoms with Crippen LogP contribution in [0.1, 0.15) is 5.56 Å². The van der Waals surface area contributed by atoms with Gasteiger partial charge in [0, 0.05) is 6.54 Å². The lowest BCUT2D eigenvalue weighted by Crippen LogP contribution is -1.99. The van der Waals surface area contributed by atoms with E-state index in [1.807, 2.05) is 29.7 Å². The molecule has 0 bridgehead atoms. The van der Waals surface area contributed by atoms with E-state index < -0.39 is 0 Å². The molecule has 2 rings (SSSR count). The largest absolute Gasteiger partial charge is 0.395 e. The molecule has 0 saturated heterocycles. The number of benzene rings is 1. The molecule has 3 nitrogen and oxygen atoms in total. The number of aliphatic hydroxyl groups excluding tert-OH is 1. The number of hydrogen-bond acceptors (Lipinski definition) is 2. The Bertz CT molecular complexity index is 420. The zero-order valence-electron chi connectivity index (χ0n) is 7.57. The maximum Gasteiger partial charge on any atom is 0.0959 e. The van der Waals surface area contributed by atoms with Crippen molar-refractivity contribution in [2.24, 2.45) is 0 Å². The van der Waals surface area contributed by atoms with Crippen molar-refractivity contribution < 1.29 is 5.11 Å². The van der Waals surface area contributed by atoms with Crippen molar-refractivity contribution in [3.8, 4) is 0 Å². The third kappa shape index (κ3) is 1.31. The molecule has 0 aliphatic rings. The Hall–Kier alpha value is -1.35. The molecule has 0 fully saturated rings. The minimum absolute atomic E-state index is 0.152. The number of aryl methyl sites for hydroxylation is 1. The van der Waals surface area contributed by atoms with E-state index in [1.54, 1.807) is 6.33 Å². The van der Waals surface area contributed by atoms with Gasteiger partial charge in [-0.2, -0.15) is 0 Å². The van der Waals surface area contributed by atoms with Crippen LogP contribution >= 0.6 is 0 Å². The Morgan fingerprint density at radius 3 is 3.08 bits per heavy atom. The predicted octanol–water partition coefficient (Wildman–Crippen LogP) is 1.34. The molecule has 0 spiro atoms. The third-order valence-corrected chi connectivity index (χ3v) is 2.19. The number of rotatable bonds is 2. The average Bonchev–Trinajstić information content (AvgIpc) is 2.51. The lowest BCUT2D eigenvalue weighted by atomic mass is 10.2. The summed E-state index contributed by atoms with van der Waals surface area (Å²) in [4.78, 5) is 4.29. The summed E-state index contributed by atoms with van der Waals surface area (Å²) in [6.45, 7) is 2.80. The number of nitrogens with zero attached hydrogens (tertiary/aromatic N) is 2. The van der Waals surface area contributed by atoms with Crippen LogP contribution in [-0.2, 0) is 6.54 Å². The van der Waals surface area contributed by atoms with Gasteiger partial charge in [0.2, 0.25) is 0 Å². The first-order valence-corrected chi connectivity index (χ1v) is 4.34. The van der Waals surface area contributed by atoms with E-state index in [0.29, 0.717) is 6.54 Å². The monoisotopic (exact) mass is 176 g/mol. The summed E-state index contributed by atoms with van der Waals surface area (Å²) in [6, 6.07) is 6.07. The van der Waals surface area contributed by atoms with Gasteiger partial charge in [-0.3, -0.25) is 0 Å². The molecule has 68 valence electrons. The smallest absolute Gasteiger partial charge is 0.0959 e. The molecule has 1 aromatic heterocycles. The summed E-state index contributed by atoms with van der Waals surface area (Å²) in [6.07, 6.45) is 1.77. The molecule has 1 N–H and O–H groups in total. The molecule has 3 heteroatoms. The molecule has 0 aliphatic carbocycles. The number of aromatic nitrogens is 2. The van der Waals surface area contributed by atoms with Crippen molar-refractivity contribution in [1.29, 1.82) is 0 Å². The molecule has 0 aliphatic heterocycles. The van der Waals surface area contributed by atoms with Crippen LogP contribution in [0.3, 0.4) is 0 Å². The fourth-order valence-electron chi connectivity index (χ4n) is 1.52. The van der Waals surface area contributed by atoms with E-state index in [0.717, 1.165) is 11.0 Å². The van der Waals surface area contributed by atoms with Crippen LogP contribution in [0.5, 0.6) is 0 Å². The summed E-state index contributed by atoms with van der Waals surface area (Å²) < 4.78 is 1.96. The number of imidazole rings is 1. The Kier molecular flexibility index (Phi) is 2.02. The highest BCUT2D eigenvalue weighted by atomic mass is 16.3. The van der Waals surface area contributed by atoms with E-state index in [9.17, 15) is 0 Å². The summed E-state index contributed by atoms with van der Waals surface area (Å²) in [5.41, 5.74) is 3.29. The van der Waals surface area contributed by atoms with Gasteiger partial charge < -0.3 is 9.67 Å². The Morgan fingerprint density at radius 1 is 1.46 bits per heavy atom. The molecular weight excluding hydrogens is 164 g/mol. The van der Waals surface area contributed by atoms with Crippen molar-refractivity contribution >= 4 is 11.0 Å². The summed E-state index contributed by atoms with van der Waals surface area (Å²) in [7, 11) is 0. The second-order valence-corrected chi connectivity index (χ2v) is 3.10. The molecule has 0 atom stereocenters. The fraction of sp³-hybridized carbons (Fsp3) is 0.300. The minimum atomic E-state index is 0.152. The second kappa shape index (κ2) is 3.18. The molecule has 1 aromatic carbocycles. The van der Waals surface area contributed by atoms with Crippen molar-refractivity contribution in [1.82, 2.24) is 9.55 Å². The highest BCUT2D eigenvalue weighted by Crippen LogP contribution is 2.15. The van der Waals surface area contributed by atoms with Gasteiger partial charge >= 0.3 is 0 Å². The molecule has 2 aromatic rings. The van der Waals surface area contributed by atoms with Crippen molar-refractivity contribution in [3.05, 3.63) is 30.1 Å². The van der Waals surface area contributed by atoms with E-state index in [2.05, 4.69) is 4.98 Å². The molecule has 0 amide bonds. The van der Waals surface area contributed by atoms with Gasteiger partial charge in [-0.25, -0.2) is 4.98 Å². The van der Waals surface area contributed by atoms with Crippen LogP contribution in [0.4, 0.5) is 0 Å². The van der Waals surface area contributed by atoms with Gasteiger partial charge in [-0.05, 0) is 18.6 Å². The molecule has 0 radical (unpaired) electrons. The van der Waals surface area contributed by atoms with Gasteiger partial charge in [0.15, 0.2) is 0 Å². The van der Waals surface area contributed by atoms with Crippen LogP contribution in [0.2, 0.25) is 0 Å². The number of hydrogen-bond donors (Lipinski definition) is 1. The molecular formula is C10H12N2O. The van der Waals surface area contributed by atoms with E-state index in [1.165, 1.54) is 5.56 Å². The van der Waals surface area contributed by atoms with E-state index in [-0.39, 0.29) is 6.61 Å². The Morgan fingerprint density at radius 2 is 2.31 bits per heavy atom. The quantitative estimate of drug-likeness (QED) is 0.749. The second-order valence-electron chi connectivity index (χ2n) is 3.10. The standard InChI is InChI=1S/C10H12N2O/c1-8-3-2-4-9-10(8)11-7-12(9)5-6-13/h2-4,7,13H,5-6H2,1H3. The lowest BCUT2D eigenvalue weighted by Gasteiger charge is -2.00. The summed E-state index contributed by atoms with van der Waals surface area (Å²) >= 11 is 0. The van der Waals surface area contributed by atoms with Gasteiger partial charge in [0.1, 0.15) is 0 Å². The van der Waals surface area contributed by atoms with E-state index >= 15 is 0 Å². The Balaban J connectivity index is 2.61. The summed E-state index contributed by atoms with van der Waals surface area (Å²) in [5, 5.41) is 8.82. The minimum Gasteiger partial charge on any atom is -0.395 e. The SMILES string of the molecule is Cc1cccc2c1ncn2CCO. The molecule has 13 heavy (non-hydrogen) atoms. The number of para-hydroxylation sites is 1. The van der Waals surface area contributed by atoms with Crippen LogP contribution in [0.15, 0.2) is 24.5 Å². The highest BCUT2D eigenvalue weighted by molar-refractivity contribution is 5.78. The number of aliphatic hydroxyl groups is 1. The fourth-order valence-corrected chi connectivity index (χ4v) is 1.52. The van der Waals surface area contributed by atoms with Crippen LogP contribution in [-0.4, -0.2) is 21.3 Å². The molecule has 0 unspecified atom stereocenters. The first-order valence-electron chi connectivity index (χ1n) is 4.34. The van der Waals surface area contributed by atoms with Crippen LogP contribution in [0.25, 0.3) is 11.0 Å². The van der Waals surface area contributed by atoms with Crippen molar-refractivity contribution in [2.75, 3.05) is 6.61 Å². The topological polar surface area (TPSA) is 38.0 Å². The maximum absolute atomic E-state index is 8.82. The third-order valence-electron chi connectivity index (χ3n) is 2.19.